The Labute approximate surface area is 168 Å². The number of nitrogens with zero attached hydrogens (tertiary/aromatic N) is 2. The largest absolute Gasteiger partial charge is 0.435 e. The molecular weight excluding hydrogens is 364 g/mol. The highest BCUT2D eigenvalue weighted by Crippen LogP contribution is 2.26. The molecule has 0 atom stereocenters. The van der Waals surface area contributed by atoms with E-state index in [9.17, 15) is 4.79 Å². The Morgan fingerprint density at radius 3 is 2.62 bits per heavy atom. The summed E-state index contributed by atoms with van der Waals surface area (Å²) in [4.78, 5) is 20.8. The van der Waals surface area contributed by atoms with Crippen LogP contribution in [0.2, 0.25) is 0 Å². The van der Waals surface area contributed by atoms with E-state index in [1.165, 1.54) is 11.6 Å². The standard InChI is InChI=1S/C24H20N2O3/c1-16(2)18-9-6-17(7-10-18)8-13-23(27)28-19-11-12-20-22(15-19)29-24(26-20)21-5-3-4-14-25-21/h3-16H,1-2H3/b13-8+. The van der Waals surface area contributed by atoms with Gasteiger partial charge in [-0.1, -0.05) is 44.2 Å². The molecule has 0 saturated heterocycles. The number of carbonyl (C=O) groups excluding carboxylic acids is 1. The van der Waals surface area contributed by atoms with Gasteiger partial charge in [-0.2, -0.15) is 0 Å². The van der Waals surface area contributed by atoms with Gasteiger partial charge < -0.3 is 9.15 Å². The number of carbonyl (C=O) groups is 1. The Bertz CT molecular complexity index is 1160. The summed E-state index contributed by atoms with van der Waals surface area (Å²) in [6, 6.07) is 18.7. The van der Waals surface area contributed by atoms with Gasteiger partial charge >= 0.3 is 5.97 Å². The number of oxazole rings is 1. The van der Waals surface area contributed by atoms with Crippen molar-refractivity contribution in [2.45, 2.75) is 19.8 Å². The summed E-state index contributed by atoms with van der Waals surface area (Å²) in [5, 5.41) is 0. The van der Waals surface area contributed by atoms with Crippen molar-refractivity contribution in [3.63, 3.8) is 0 Å². The summed E-state index contributed by atoms with van der Waals surface area (Å²) < 4.78 is 11.1. The lowest BCUT2D eigenvalue weighted by atomic mass is 10.0. The number of fused-ring (bicyclic) bond motifs is 1. The average Bonchev–Trinajstić information content (AvgIpc) is 3.17. The van der Waals surface area contributed by atoms with E-state index in [0.29, 0.717) is 34.4 Å². The van der Waals surface area contributed by atoms with E-state index in [1.54, 1.807) is 30.5 Å². The normalized spacial score (nSPS) is 11.4. The van der Waals surface area contributed by atoms with Crippen LogP contribution in [0.15, 0.2) is 77.4 Å². The van der Waals surface area contributed by atoms with Crippen LogP contribution in [0, 0.1) is 0 Å². The number of aromatic nitrogens is 2. The highest BCUT2D eigenvalue weighted by molar-refractivity contribution is 5.89. The maximum atomic E-state index is 12.2. The SMILES string of the molecule is CC(C)c1ccc(/C=C/C(=O)Oc2ccc3nc(-c4ccccn4)oc3c2)cc1. The third-order valence-corrected chi connectivity index (χ3v) is 4.48. The van der Waals surface area contributed by atoms with Gasteiger partial charge in [0, 0.05) is 18.3 Å². The monoisotopic (exact) mass is 384 g/mol. The molecule has 29 heavy (non-hydrogen) atoms. The van der Waals surface area contributed by atoms with Crippen LogP contribution in [0.5, 0.6) is 5.75 Å². The Morgan fingerprint density at radius 2 is 1.90 bits per heavy atom. The topological polar surface area (TPSA) is 65.2 Å². The van der Waals surface area contributed by atoms with Crippen LogP contribution < -0.4 is 4.74 Å². The minimum absolute atomic E-state index is 0.394. The molecule has 5 nitrogen and oxygen atoms in total. The van der Waals surface area contributed by atoms with Gasteiger partial charge in [-0.25, -0.2) is 9.78 Å². The number of hydrogen-bond donors (Lipinski definition) is 0. The summed E-state index contributed by atoms with van der Waals surface area (Å²) in [5.41, 5.74) is 4.05. The van der Waals surface area contributed by atoms with Gasteiger partial charge in [0.15, 0.2) is 5.58 Å². The van der Waals surface area contributed by atoms with Gasteiger partial charge in [0.1, 0.15) is 17.0 Å². The van der Waals surface area contributed by atoms with Gasteiger partial charge in [-0.05, 0) is 47.4 Å². The smallest absolute Gasteiger partial charge is 0.336 e. The molecule has 2 aromatic carbocycles. The Balaban J connectivity index is 1.46. The molecular formula is C24H20N2O3. The number of ether oxygens (including phenoxy) is 1. The van der Waals surface area contributed by atoms with E-state index in [0.717, 1.165) is 5.56 Å². The van der Waals surface area contributed by atoms with Gasteiger partial charge in [0.2, 0.25) is 5.89 Å². The molecule has 0 aliphatic rings. The molecule has 0 aliphatic carbocycles. The zero-order valence-electron chi connectivity index (χ0n) is 16.2. The zero-order valence-corrected chi connectivity index (χ0v) is 16.2. The van der Waals surface area contributed by atoms with Crippen molar-refractivity contribution < 1.29 is 13.9 Å². The second kappa shape index (κ2) is 8.10. The fourth-order valence-corrected chi connectivity index (χ4v) is 2.87. The molecule has 5 heteroatoms. The van der Waals surface area contributed by atoms with Crippen LogP contribution >= 0.6 is 0 Å². The first-order chi connectivity index (χ1) is 14.1. The lowest BCUT2D eigenvalue weighted by Crippen LogP contribution is -2.03. The molecule has 0 spiro atoms. The summed E-state index contributed by atoms with van der Waals surface area (Å²) in [7, 11) is 0. The van der Waals surface area contributed by atoms with Crippen molar-refractivity contribution in [1.82, 2.24) is 9.97 Å². The molecule has 0 saturated carbocycles. The van der Waals surface area contributed by atoms with Crippen LogP contribution in [0.25, 0.3) is 28.8 Å². The van der Waals surface area contributed by atoms with Gasteiger partial charge in [-0.15, -0.1) is 0 Å². The molecule has 0 aliphatic heterocycles. The summed E-state index contributed by atoms with van der Waals surface area (Å²) in [5.74, 6) is 0.837. The summed E-state index contributed by atoms with van der Waals surface area (Å²) >= 11 is 0. The predicted molar refractivity (Wildman–Crippen MR) is 112 cm³/mol. The molecule has 0 bridgehead atoms. The highest BCUT2D eigenvalue weighted by atomic mass is 16.5. The van der Waals surface area contributed by atoms with E-state index < -0.39 is 5.97 Å². The van der Waals surface area contributed by atoms with Gasteiger partial charge in [0.05, 0.1) is 0 Å². The van der Waals surface area contributed by atoms with Crippen molar-refractivity contribution in [1.29, 1.82) is 0 Å². The van der Waals surface area contributed by atoms with Crippen molar-refractivity contribution in [3.05, 3.63) is 84.1 Å². The van der Waals surface area contributed by atoms with E-state index in [2.05, 4.69) is 35.9 Å². The molecule has 0 radical (unpaired) electrons. The van der Waals surface area contributed by atoms with Crippen molar-refractivity contribution in [3.8, 4) is 17.3 Å². The van der Waals surface area contributed by atoms with Gasteiger partial charge in [-0.3, -0.25) is 4.98 Å². The predicted octanol–water partition coefficient (Wildman–Crippen LogP) is 5.63. The van der Waals surface area contributed by atoms with E-state index in [4.69, 9.17) is 9.15 Å². The van der Waals surface area contributed by atoms with E-state index in [1.807, 2.05) is 30.3 Å². The van der Waals surface area contributed by atoms with Crippen molar-refractivity contribution >= 4 is 23.1 Å². The number of rotatable bonds is 5. The maximum Gasteiger partial charge on any atom is 0.336 e. The number of esters is 1. The first-order valence-corrected chi connectivity index (χ1v) is 9.40. The summed E-state index contributed by atoms with van der Waals surface area (Å²) in [6.45, 7) is 4.29. The van der Waals surface area contributed by atoms with E-state index in [-0.39, 0.29) is 0 Å². The molecule has 2 heterocycles. The first kappa shape index (κ1) is 18.6. The number of pyridine rings is 1. The molecule has 4 aromatic rings. The fraction of sp³-hybridized carbons (Fsp3) is 0.125. The average molecular weight is 384 g/mol. The quantitative estimate of drug-likeness (QED) is 0.253. The van der Waals surface area contributed by atoms with Crippen LogP contribution in [-0.4, -0.2) is 15.9 Å². The second-order valence-electron chi connectivity index (χ2n) is 6.94. The molecule has 2 aromatic heterocycles. The maximum absolute atomic E-state index is 12.2. The first-order valence-electron chi connectivity index (χ1n) is 9.40. The van der Waals surface area contributed by atoms with Crippen molar-refractivity contribution in [2.75, 3.05) is 0 Å². The van der Waals surface area contributed by atoms with Crippen molar-refractivity contribution in [2.24, 2.45) is 0 Å². The molecule has 0 unspecified atom stereocenters. The van der Waals surface area contributed by atoms with Crippen LogP contribution in [0.3, 0.4) is 0 Å². The highest BCUT2D eigenvalue weighted by Gasteiger charge is 2.11. The number of hydrogen-bond acceptors (Lipinski definition) is 5. The molecule has 144 valence electrons. The minimum atomic E-state index is -0.457. The molecule has 4 rings (SSSR count). The van der Waals surface area contributed by atoms with Crippen LogP contribution in [-0.2, 0) is 4.79 Å². The summed E-state index contributed by atoms with van der Waals surface area (Å²) in [6.07, 6.45) is 4.83. The third kappa shape index (κ3) is 4.41. The Morgan fingerprint density at radius 1 is 1.07 bits per heavy atom. The zero-order chi connectivity index (χ0) is 20.2. The van der Waals surface area contributed by atoms with Crippen LogP contribution in [0.1, 0.15) is 30.9 Å². The number of benzene rings is 2. The minimum Gasteiger partial charge on any atom is -0.435 e. The third-order valence-electron chi connectivity index (χ3n) is 4.48. The lowest BCUT2D eigenvalue weighted by Gasteiger charge is -2.04. The molecule has 0 N–H and O–H groups in total. The van der Waals surface area contributed by atoms with Gasteiger partial charge in [0.25, 0.3) is 0 Å². The second-order valence-corrected chi connectivity index (χ2v) is 6.94. The lowest BCUT2D eigenvalue weighted by molar-refractivity contribution is -0.128. The van der Waals surface area contributed by atoms with E-state index >= 15 is 0 Å². The fourth-order valence-electron chi connectivity index (χ4n) is 2.87. The Kier molecular flexibility index (Phi) is 5.20. The molecule has 0 amide bonds. The van der Waals surface area contributed by atoms with Crippen LogP contribution in [0.4, 0.5) is 0 Å². The molecule has 0 fully saturated rings. The Hall–Kier alpha value is -3.73.